The molecule has 0 saturated carbocycles. The lowest BCUT2D eigenvalue weighted by Gasteiger charge is -2.07. The number of urea groups is 1. The molecule has 21 heavy (non-hydrogen) atoms. The second-order valence-electron chi connectivity index (χ2n) is 4.57. The van der Waals surface area contributed by atoms with E-state index in [1.807, 2.05) is 31.3 Å². The number of nitrogens with zero attached hydrogens (tertiary/aromatic N) is 2. The Hall–Kier alpha value is -2.89. The molecule has 2 aromatic carbocycles. The molecule has 2 amide bonds. The molecule has 1 heterocycles. The first kappa shape index (κ1) is 13.1. The lowest BCUT2D eigenvalue weighted by atomic mass is 10.3. The number of rotatable bonds is 2. The van der Waals surface area contributed by atoms with E-state index in [9.17, 15) is 9.18 Å². The fourth-order valence-electron chi connectivity index (χ4n) is 2.09. The van der Waals surface area contributed by atoms with Crippen molar-refractivity contribution in [1.29, 1.82) is 0 Å². The van der Waals surface area contributed by atoms with Gasteiger partial charge in [-0.1, -0.05) is 18.2 Å². The van der Waals surface area contributed by atoms with Crippen LogP contribution in [-0.2, 0) is 7.05 Å². The molecule has 0 fully saturated rings. The number of para-hydroxylation sites is 2. The van der Waals surface area contributed by atoms with Gasteiger partial charge >= 0.3 is 6.03 Å². The highest BCUT2D eigenvalue weighted by atomic mass is 19.1. The van der Waals surface area contributed by atoms with Gasteiger partial charge in [0, 0.05) is 12.7 Å². The number of fused-ring (bicyclic) bond motifs is 1. The zero-order valence-electron chi connectivity index (χ0n) is 11.3. The van der Waals surface area contributed by atoms with Crippen LogP contribution in [0.5, 0.6) is 0 Å². The highest BCUT2D eigenvalue weighted by Crippen LogP contribution is 2.18. The van der Waals surface area contributed by atoms with Gasteiger partial charge < -0.3 is 9.88 Å². The molecule has 0 aliphatic rings. The summed E-state index contributed by atoms with van der Waals surface area (Å²) >= 11 is 0. The molecule has 2 N–H and O–H groups in total. The Balaban J connectivity index is 1.79. The highest BCUT2D eigenvalue weighted by molar-refractivity contribution is 5.99. The minimum absolute atomic E-state index is 0.381. The normalized spacial score (nSPS) is 10.6. The van der Waals surface area contributed by atoms with Gasteiger partial charge in [0.05, 0.1) is 11.0 Å². The van der Waals surface area contributed by atoms with Crippen molar-refractivity contribution in [1.82, 2.24) is 9.55 Å². The second kappa shape index (κ2) is 5.24. The number of benzene rings is 2. The van der Waals surface area contributed by atoms with E-state index >= 15 is 0 Å². The lowest BCUT2D eigenvalue weighted by Crippen LogP contribution is -2.21. The molecular weight excluding hydrogens is 271 g/mol. The summed E-state index contributed by atoms with van der Waals surface area (Å²) in [6, 6.07) is 12.8. The maximum atomic E-state index is 13.1. The molecule has 3 rings (SSSR count). The number of hydrogen-bond acceptors (Lipinski definition) is 2. The summed E-state index contributed by atoms with van der Waals surface area (Å²) in [5, 5.41) is 5.21. The Labute approximate surface area is 120 Å². The van der Waals surface area contributed by atoms with Crippen LogP contribution in [0, 0.1) is 5.82 Å². The first-order valence-electron chi connectivity index (χ1n) is 6.38. The number of carbonyl (C=O) groups is 1. The molecule has 0 bridgehead atoms. The molecule has 0 aliphatic heterocycles. The summed E-state index contributed by atoms with van der Waals surface area (Å²) in [5.74, 6) is 0.0145. The Morgan fingerprint density at radius 1 is 1.14 bits per heavy atom. The number of aryl methyl sites for hydroxylation is 1. The van der Waals surface area contributed by atoms with Crippen LogP contribution in [0.4, 0.5) is 20.8 Å². The quantitative estimate of drug-likeness (QED) is 0.758. The first-order chi connectivity index (χ1) is 10.1. The van der Waals surface area contributed by atoms with Gasteiger partial charge in [0.2, 0.25) is 5.95 Å². The predicted octanol–water partition coefficient (Wildman–Crippen LogP) is 3.36. The molecule has 3 aromatic rings. The monoisotopic (exact) mass is 284 g/mol. The van der Waals surface area contributed by atoms with Crippen LogP contribution in [0.2, 0.25) is 0 Å². The molecule has 0 unspecified atom stereocenters. The number of carbonyl (C=O) groups excluding carboxylic acids is 1. The van der Waals surface area contributed by atoms with Crippen LogP contribution in [0.1, 0.15) is 0 Å². The predicted molar refractivity (Wildman–Crippen MR) is 79.8 cm³/mol. The first-order valence-corrected chi connectivity index (χ1v) is 6.38. The zero-order valence-corrected chi connectivity index (χ0v) is 11.3. The van der Waals surface area contributed by atoms with E-state index in [1.165, 1.54) is 18.2 Å². The van der Waals surface area contributed by atoms with Gasteiger partial charge in [0.15, 0.2) is 0 Å². The smallest absolute Gasteiger partial charge is 0.313 e. The molecule has 0 spiro atoms. The third-order valence-electron chi connectivity index (χ3n) is 3.09. The van der Waals surface area contributed by atoms with Crippen LogP contribution in [-0.4, -0.2) is 15.6 Å². The maximum Gasteiger partial charge on any atom is 0.326 e. The minimum Gasteiger partial charge on any atom is -0.313 e. The molecule has 106 valence electrons. The van der Waals surface area contributed by atoms with Gasteiger partial charge in [-0.3, -0.25) is 5.32 Å². The van der Waals surface area contributed by atoms with Crippen LogP contribution in [0.15, 0.2) is 48.5 Å². The Kier molecular flexibility index (Phi) is 3.27. The Bertz CT molecular complexity index is 812. The standard InChI is InChI=1S/C15H13FN4O/c1-20-13-8-3-2-7-12(13)18-14(20)19-15(21)17-11-6-4-5-10(16)9-11/h2-9H,1H3,(H2,17,18,19,21). The van der Waals surface area contributed by atoms with E-state index in [0.29, 0.717) is 11.6 Å². The number of anilines is 2. The number of hydrogen-bond donors (Lipinski definition) is 2. The van der Waals surface area contributed by atoms with E-state index in [4.69, 9.17) is 0 Å². The van der Waals surface area contributed by atoms with Gasteiger partial charge in [-0.2, -0.15) is 0 Å². The van der Waals surface area contributed by atoms with E-state index in [-0.39, 0.29) is 0 Å². The summed E-state index contributed by atoms with van der Waals surface area (Å²) in [4.78, 5) is 16.3. The van der Waals surface area contributed by atoms with Crippen molar-refractivity contribution in [3.8, 4) is 0 Å². The summed E-state index contributed by atoms with van der Waals surface area (Å²) in [5.41, 5.74) is 2.09. The average Bonchev–Trinajstić information content (AvgIpc) is 2.76. The Morgan fingerprint density at radius 3 is 2.71 bits per heavy atom. The fraction of sp³-hybridized carbons (Fsp3) is 0.0667. The summed E-state index contributed by atoms with van der Waals surface area (Å²) in [6.45, 7) is 0. The molecule has 1 aromatic heterocycles. The third-order valence-corrected chi connectivity index (χ3v) is 3.09. The summed E-state index contributed by atoms with van der Waals surface area (Å²) in [6.07, 6.45) is 0. The third kappa shape index (κ3) is 2.69. The van der Waals surface area contributed by atoms with Crippen LogP contribution in [0.25, 0.3) is 11.0 Å². The van der Waals surface area contributed by atoms with E-state index in [0.717, 1.165) is 11.0 Å². The molecule has 0 radical (unpaired) electrons. The van der Waals surface area contributed by atoms with Crippen LogP contribution >= 0.6 is 0 Å². The van der Waals surface area contributed by atoms with Gasteiger partial charge in [0.25, 0.3) is 0 Å². The average molecular weight is 284 g/mol. The number of nitrogens with one attached hydrogen (secondary N) is 2. The van der Waals surface area contributed by atoms with Crippen molar-refractivity contribution in [2.24, 2.45) is 7.05 Å². The molecule has 0 aliphatic carbocycles. The lowest BCUT2D eigenvalue weighted by molar-refractivity contribution is 0.262. The number of aromatic nitrogens is 2. The summed E-state index contributed by atoms with van der Waals surface area (Å²) < 4.78 is 14.8. The maximum absolute atomic E-state index is 13.1. The van der Waals surface area contributed by atoms with Crippen molar-refractivity contribution in [3.05, 3.63) is 54.3 Å². The topological polar surface area (TPSA) is 59.0 Å². The van der Waals surface area contributed by atoms with Crippen molar-refractivity contribution >= 4 is 28.7 Å². The van der Waals surface area contributed by atoms with Gasteiger partial charge in [-0.15, -0.1) is 0 Å². The van der Waals surface area contributed by atoms with Crippen molar-refractivity contribution in [2.75, 3.05) is 10.6 Å². The largest absolute Gasteiger partial charge is 0.326 e. The van der Waals surface area contributed by atoms with Crippen molar-refractivity contribution < 1.29 is 9.18 Å². The highest BCUT2D eigenvalue weighted by Gasteiger charge is 2.10. The van der Waals surface area contributed by atoms with E-state index in [2.05, 4.69) is 15.6 Å². The van der Waals surface area contributed by atoms with Crippen molar-refractivity contribution in [2.45, 2.75) is 0 Å². The fourth-order valence-corrected chi connectivity index (χ4v) is 2.09. The minimum atomic E-state index is -0.473. The number of halogens is 1. The number of amides is 2. The van der Waals surface area contributed by atoms with Crippen molar-refractivity contribution in [3.63, 3.8) is 0 Å². The number of imidazole rings is 1. The van der Waals surface area contributed by atoms with Crippen LogP contribution < -0.4 is 10.6 Å². The summed E-state index contributed by atoms with van der Waals surface area (Å²) in [7, 11) is 1.81. The molecular formula is C15H13FN4O. The zero-order chi connectivity index (χ0) is 14.8. The molecule has 5 nitrogen and oxygen atoms in total. The van der Waals surface area contributed by atoms with Crippen LogP contribution in [0.3, 0.4) is 0 Å². The van der Waals surface area contributed by atoms with Gasteiger partial charge in [-0.25, -0.2) is 14.2 Å². The molecule has 0 saturated heterocycles. The van der Waals surface area contributed by atoms with Gasteiger partial charge in [-0.05, 0) is 30.3 Å². The van der Waals surface area contributed by atoms with E-state index < -0.39 is 11.8 Å². The molecule has 0 atom stereocenters. The SMILES string of the molecule is Cn1c(NC(=O)Nc2cccc(F)c2)nc2ccccc21. The Morgan fingerprint density at radius 2 is 1.95 bits per heavy atom. The second-order valence-corrected chi connectivity index (χ2v) is 4.57. The molecule has 6 heteroatoms. The van der Waals surface area contributed by atoms with E-state index in [1.54, 1.807) is 10.6 Å². The van der Waals surface area contributed by atoms with Gasteiger partial charge in [0.1, 0.15) is 5.82 Å².